The molecule has 0 aromatic carbocycles. The zero-order valence-electron chi connectivity index (χ0n) is 20.1. The van der Waals surface area contributed by atoms with Crippen molar-refractivity contribution in [3.8, 4) is 11.4 Å². The number of likely N-dealkylation sites (tertiary alicyclic amines) is 2. The summed E-state index contributed by atoms with van der Waals surface area (Å²) in [4.78, 5) is 18.0. The van der Waals surface area contributed by atoms with Gasteiger partial charge in [0.15, 0.2) is 0 Å². The van der Waals surface area contributed by atoms with Crippen molar-refractivity contribution >= 4 is 17.5 Å². The van der Waals surface area contributed by atoms with Crippen LogP contribution in [0.25, 0.3) is 11.4 Å². The minimum atomic E-state index is -0.0591. The Bertz CT molecular complexity index is 956. The fourth-order valence-corrected chi connectivity index (χ4v) is 5.15. The average Bonchev–Trinajstić information content (AvgIpc) is 3.30. The molecule has 0 saturated carbocycles. The van der Waals surface area contributed by atoms with E-state index in [2.05, 4.69) is 35.9 Å². The molecule has 2 aliphatic heterocycles. The van der Waals surface area contributed by atoms with Gasteiger partial charge >= 0.3 is 0 Å². The molecule has 0 aliphatic carbocycles. The normalized spacial score (nSPS) is 19.6. The number of piperidine rings is 2. The van der Waals surface area contributed by atoms with E-state index in [1.165, 1.54) is 43.6 Å². The molecule has 0 bridgehead atoms. The van der Waals surface area contributed by atoms with Crippen LogP contribution in [-0.4, -0.2) is 63.4 Å². The summed E-state index contributed by atoms with van der Waals surface area (Å²) >= 11 is 6.49. The highest BCUT2D eigenvalue weighted by molar-refractivity contribution is 6.33. The Hall–Kier alpha value is -1.86. The van der Waals surface area contributed by atoms with Crippen LogP contribution in [0.4, 0.5) is 0 Å². The van der Waals surface area contributed by atoms with Gasteiger partial charge in [0.05, 0.1) is 0 Å². The zero-order chi connectivity index (χ0) is 23.1. The van der Waals surface area contributed by atoms with Gasteiger partial charge in [0.25, 0.3) is 5.91 Å². The van der Waals surface area contributed by atoms with E-state index in [1.54, 1.807) is 13.1 Å². The Kier molecular flexibility index (Phi) is 6.43. The van der Waals surface area contributed by atoms with E-state index in [4.69, 9.17) is 16.1 Å². The molecule has 2 aromatic rings. The number of aromatic nitrogens is 3. The van der Waals surface area contributed by atoms with Crippen LogP contribution in [0.3, 0.4) is 0 Å². The Morgan fingerprint density at radius 1 is 1.16 bits per heavy atom. The number of rotatable bonds is 4. The van der Waals surface area contributed by atoms with Crippen LogP contribution in [0, 0.1) is 17.8 Å². The quantitative estimate of drug-likeness (QED) is 0.654. The Balaban J connectivity index is 1.39. The standard InChI is InChI=1S/C24H36ClN5O2/c1-17-16-18(27-32-17)20-19(21(25)28(5)26-20)22(31)30-14-9-24(10-15-30)7-12-29(13-8-24)11-6-23(2,3)4/h16H,6-15H2,1-5H3. The monoisotopic (exact) mass is 461 g/mol. The van der Waals surface area contributed by atoms with Gasteiger partial charge in [-0.05, 0) is 69.5 Å². The molecule has 0 N–H and O–H groups in total. The maximum absolute atomic E-state index is 13.5. The Labute approximate surface area is 196 Å². The lowest BCUT2D eigenvalue weighted by atomic mass is 9.71. The number of carbonyl (C=O) groups excluding carboxylic acids is 1. The molecule has 32 heavy (non-hydrogen) atoms. The van der Waals surface area contributed by atoms with Crippen LogP contribution in [0.5, 0.6) is 0 Å². The number of hydrogen-bond acceptors (Lipinski definition) is 5. The van der Waals surface area contributed by atoms with E-state index < -0.39 is 0 Å². The number of aryl methyl sites for hydroxylation is 2. The highest BCUT2D eigenvalue weighted by atomic mass is 35.5. The van der Waals surface area contributed by atoms with Gasteiger partial charge in [-0.1, -0.05) is 37.5 Å². The molecule has 8 heteroatoms. The SMILES string of the molecule is Cc1cc(-c2nn(C)c(Cl)c2C(=O)N2CCC3(CCN(CCC(C)(C)C)CC3)CC2)no1. The summed E-state index contributed by atoms with van der Waals surface area (Å²) in [6.45, 7) is 13.8. The molecule has 7 nitrogen and oxygen atoms in total. The van der Waals surface area contributed by atoms with E-state index in [0.717, 1.165) is 25.9 Å². The predicted octanol–water partition coefficient (Wildman–Crippen LogP) is 4.79. The van der Waals surface area contributed by atoms with Crippen molar-refractivity contribution in [2.75, 3.05) is 32.7 Å². The third-order valence-corrected chi connectivity index (χ3v) is 7.70. The summed E-state index contributed by atoms with van der Waals surface area (Å²) in [5, 5.41) is 8.84. The molecule has 0 atom stereocenters. The average molecular weight is 462 g/mol. The van der Waals surface area contributed by atoms with Crippen LogP contribution < -0.4 is 0 Å². The molecule has 0 unspecified atom stereocenters. The number of carbonyl (C=O) groups is 1. The Morgan fingerprint density at radius 3 is 2.34 bits per heavy atom. The van der Waals surface area contributed by atoms with Crippen molar-refractivity contribution in [1.29, 1.82) is 0 Å². The van der Waals surface area contributed by atoms with Crippen LogP contribution in [0.2, 0.25) is 5.15 Å². The van der Waals surface area contributed by atoms with Crippen molar-refractivity contribution < 1.29 is 9.32 Å². The van der Waals surface area contributed by atoms with Gasteiger partial charge in [-0.25, -0.2) is 0 Å². The summed E-state index contributed by atoms with van der Waals surface area (Å²) in [6.07, 6.45) is 5.82. The van der Waals surface area contributed by atoms with Gasteiger partial charge in [0.2, 0.25) is 0 Å². The molecule has 2 aliphatic rings. The first-order chi connectivity index (χ1) is 15.1. The zero-order valence-corrected chi connectivity index (χ0v) is 20.8. The molecule has 4 rings (SSSR count). The first-order valence-electron chi connectivity index (χ1n) is 11.7. The lowest BCUT2D eigenvalue weighted by Gasteiger charge is -2.47. The van der Waals surface area contributed by atoms with E-state index in [1.807, 2.05) is 11.8 Å². The first kappa shape index (κ1) is 23.3. The largest absolute Gasteiger partial charge is 0.361 e. The van der Waals surface area contributed by atoms with Crippen molar-refractivity contribution in [2.45, 2.75) is 59.8 Å². The fraction of sp³-hybridized carbons (Fsp3) is 0.708. The van der Waals surface area contributed by atoms with Gasteiger partial charge in [0, 0.05) is 26.2 Å². The highest BCUT2D eigenvalue weighted by Gasteiger charge is 2.40. The highest BCUT2D eigenvalue weighted by Crippen LogP contribution is 2.42. The molecule has 1 amide bonds. The summed E-state index contributed by atoms with van der Waals surface area (Å²) in [6, 6.07) is 1.79. The molecule has 2 saturated heterocycles. The fourth-order valence-electron chi connectivity index (χ4n) is 4.94. The van der Waals surface area contributed by atoms with Gasteiger partial charge in [-0.3, -0.25) is 9.48 Å². The van der Waals surface area contributed by atoms with Gasteiger partial charge < -0.3 is 14.3 Å². The third-order valence-electron chi connectivity index (χ3n) is 7.27. The van der Waals surface area contributed by atoms with E-state index in [9.17, 15) is 4.79 Å². The molecule has 2 fully saturated rings. The second kappa shape index (κ2) is 8.82. The minimum Gasteiger partial charge on any atom is -0.361 e. The Morgan fingerprint density at radius 2 is 1.78 bits per heavy atom. The maximum Gasteiger partial charge on any atom is 0.259 e. The van der Waals surface area contributed by atoms with Crippen LogP contribution in [-0.2, 0) is 7.05 Å². The predicted molar refractivity (Wildman–Crippen MR) is 126 cm³/mol. The van der Waals surface area contributed by atoms with Crippen molar-refractivity contribution in [3.05, 3.63) is 22.5 Å². The van der Waals surface area contributed by atoms with E-state index in [0.29, 0.717) is 38.7 Å². The lowest BCUT2D eigenvalue weighted by molar-refractivity contribution is 0.0283. The third kappa shape index (κ3) is 4.88. The summed E-state index contributed by atoms with van der Waals surface area (Å²) in [7, 11) is 1.74. The summed E-state index contributed by atoms with van der Waals surface area (Å²) < 4.78 is 6.73. The van der Waals surface area contributed by atoms with Gasteiger partial charge in [-0.15, -0.1) is 0 Å². The molecule has 2 aromatic heterocycles. The number of hydrogen-bond donors (Lipinski definition) is 0. The first-order valence-corrected chi connectivity index (χ1v) is 12.1. The maximum atomic E-state index is 13.5. The van der Waals surface area contributed by atoms with Crippen LogP contribution in [0.15, 0.2) is 10.6 Å². The van der Waals surface area contributed by atoms with Crippen molar-refractivity contribution in [3.63, 3.8) is 0 Å². The molecular formula is C24H36ClN5O2. The van der Waals surface area contributed by atoms with Crippen LogP contribution in [0.1, 0.15) is 69.0 Å². The van der Waals surface area contributed by atoms with E-state index in [-0.39, 0.29) is 5.91 Å². The molecular weight excluding hydrogens is 426 g/mol. The molecule has 0 radical (unpaired) electrons. The summed E-state index contributed by atoms with van der Waals surface area (Å²) in [5.41, 5.74) is 2.23. The second-order valence-corrected chi connectivity index (χ2v) is 11.3. The van der Waals surface area contributed by atoms with Gasteiger partial charge in [-0.2, -0.15) is 5.10 Å². The smallest absolute Gasteiger partial charge is 0.259 e. The topological polar surface area (TPSA) is 67.4 Å². The molecule has 176 valence electrons. The summed E-state index contributed by atoms with van der Waals surface area (Å²) in [5.74, 6) is 0.616. The van der Waals surface area contributed by atoms with Gasteiger partial charge in [0.1, 0.15) is 27.9 Å². The van der Waals surface area contributed by atoms with E-state index >= 15 is 0 Å². The second-order valence-electron chi connectivity index (χ2n) is 10.9. The van der Waals surface area contributed by atoms with Crippen LogP contribution >= 0.6 is 11.6 Å². The number of halogens is 1. The van der Waals surface area contributed by atoms with Crippen molar-refractivity contribution in [1.82, 2.24) is 24.7 Å². The van der Waals surface area contributed by atoms with Crippen molar-refractivity contribution in [2.24, 2.45) is 17.9 Å². The lowest BCUT2D eigenvalue weighted by Crippen LogP contribution is -2.48. The minimum absolute atomic E-state index is 0.0591. The number of amides is 1. The molecule has 1 spiro atoms. The molecule has 4 heterocycles. The number of nitrogens with zero attached hydrogens (tertiary/aromatic N) is 5.